The van der Waals surface area contributed by atoms with Gasteiger partial charge in [0, 0.05) is 12.8 Å². The van der Waals surface area contributed by atoms with Crippen LogP contribution < -0.4 is 5.73 Å². The van der Waals surface area contributed by atoms with Crippen molar-refractivity contribution in [3.63, 3.8) is 0 Å². The molecule has 0 aliphatic heterocycles. The van der Waals surface area contributed by atoms with Crippen molar-refractivity contribution in [1.82, 2.24) is 9.55 Å². The first-order valence-corrected chi connectivity index (χ1v) is 5.87. The van der Waals surface area contributed by atoms with Gasteiger partial charge in [-0.05, 0) is 32.0 Å². The second-order valence-corrected chi connectivity index (χ2v) is 5.02. The molecule has 0 spiro atoms. The molecule has 18 heavy (non-hydrogen) atoms. The maximum Gasteiger partial charge on any atom is 0.136 e. The molecule has 1 aromatic heterocycles. The van der Waals surface area contributed by atoms with E-state index in [-0.39, 0.29) is 12.1 Å². The summed E-state index contributed by atoms with van der Waals surface area (Å²) < 4.78 is 7.25. The number of aliphatic hydroxyl groups is 1. The fraction of sp³-hybridized carbons (Fsp3) is 0.462. The zero-order valence-corrected chi connectivity index (χ0v) is 11.0. The zero-order chi connectivity index (χ0) is 13.3. The number of methoxy groups -OCH3 is 1. The average molecular weight is 249 g/mol. The molecule has 0 radical (unpaired) electrons. The Bertz CT molecular complexity index is 561. The van der Waals surface area contributed by atoms with E-state index < -0.39 is 0 Å². The molecule has 0 fully saturated rings. The number of aromatic nitrogens is 2. The van der Waals surface area contributed by atoms with E-state index in [4.69, 9.17) is 10.5 Å². The number of imidazole rings is 1. The van der Waals surface area contributed by atoms with Crippen LogP contribution >= 0.6 is 0 Å². The lowest BCUT2D eigenvalue weighted by molar-refractivity contribution is 0.106. The Morgan fingerprint density at radius 2 is 2.17 bits per heavy atom. The van der Waals surface area contributed by atoms with Gasteiger partial charge in [-0.25, -0.2) is 4.98 Å². The van der Waals surface area contributed by atoms with Crippen LogP contribution in [0.4, 0.5) is 5.69 Å². The minimum Gasteiger partial charge on any atom is -0.399 e. The molecule has 2 aromatic rings. The van der Waals surface area contributed by atoms with Crippen molar-refractivity contribution in [2.75, 3.05) is 19.5 Å². The third-order valence-electron chi connectivity index (χ3n) is 2.99. The van der Waals surface area contributed by atoms with Crippen LogP contribution in [0.3, 0.4) is 0 Å². The molecule has 0 atom stereocenters. The van der Waals surface area contributed by atoms with Crippen LogP contribution in [0.25, 0.3) is 11.0 Å². The van der Waals surface area contributed by atoms with Crippen molar-refractivity contribution < 1.29 is 9.84 Å². The Morgan fingerprint density at radius 1 is 1.44 bits per heavy atom. The third kappa shape index (κ3) is 2.07. The van der Waals surface area contributed by atoms with Gasteiger partial charge in [0.05, 0.1) is 23.2 Å². The Morgan fingerprint density at radius 3 is 2.78 bits per heavy atom. The topological polar surface area (TPSA) is 73.3 Å². The maximum atomic E-state index is 9.46. The summed E-state index contributed by atoms with van der Waals surface area (Å²) in [6, 6.07) is 5.58. The molecule has 0 amide bonds. The van der Waals surface area contributed by atoms with E-state index in [9.17, 15) is 5.11 Å². The highest BCUT2D eigenvalue weighted by Crippen LogP contribution is 2.27. The Kier molecular flexibility index (Phi) is 3.28. The highest BCUT2D eigenvalue weighted by Gasteiger charge is 2.25. The minimum absolute atomic E-state index is 0.109. The van der Waals surface area contributed by atoms with Gasteiger partial charge < -0.3 is 20.1 Å². The monoisotopic (exact) mass is 249 g/mol. The van der Waals surface area contributed by atoms with Crippen LogP contribution in [-0.4, -0.2) is 28.4 Å². The molecule has 0 aliphatic carbocycles. The van der Waals surface area contributed by atoms with Crippen LogP contribution in [0.2, 0.25) is 0 Å². The summed E-state index contributed by atoms with van der Waals surface area (Å²) in [6.07, 6.45) is 0. The van der Waals surface area contributed by atoms with E-state index in [0.29, 0.717) is 18.1 Å². The van der Waals surface area contributed by atoms with Crippen molar-refractivity contribution >= 4 is 16.7 Å². The number of hydrogen-bond donors (Lipinski definition) is 2. The van der Waals surface area contributed by atoms with E-state index in [1.165, 1.54) is 0 Å². The normalized spacial score (nSPS) is 12.2. The van der Waals surface area contributed by atoms with E-state index in [1.54, 1.807) is 7.11 Å². The fourth-order valence-electron chi connectivity index (χ4n) is 2.35. The number of anilines is 1. The van der Waals surface area contributed by atoms with Crippen LogP contribution in [0.15, 0.2) is 18.2 Å². The van der Waals surface area contributed by atoms with Gasteiger partial charge in [-0.3, -0.25) is 0 Å². The smallest absolute Gasteiger partial charge is 0.136 e. The van der Waals surface area contributed by atoms with Gasteiger partial charge in [0.2, 0.25) is 0 Å². The molecule has 0 unspecified atom stereocenters. The maximum absolute atomic E-state index is 9.46. The molecular formula is C13H19N3O2. The number of nitrogens with zero attached hydrogens (tertiary/aromatic N) is 2. The quantitative estimate of drug-likeness (QED) is 0.805. The van der Waals surface area contributed by atoms with E-state index in [2.05, 4.69) is 4.98 Å². The van der Waals surface area contributed by atoms with Crippen LogP contribution in [0, 0.1) is 0 Å². The number of rotatable bonds is 4. The predicted molar refractivity (Wildman–Crippen MR) is 71.3 cm³/mol. The summed E-state index contributed by atoms with van der Waals surface area (Å²) in [5, 5.41) is 9.46. The number of aliphatic hydroxyl groups excluding tert-OH is 1. The van der Waals surface area contributed by atoms with Crippen molar-refractivity contribution in [2.24, 2.45) is 0 Å². The molecule has 5 nitrogen and oxygen atoms in total. The zero-order valence-electron chi connectivity index (χ0n) is 11.0. The summed E-state index contributed by atoms with van der Waals surface area (Å²) in [5.41, 5.74) is 7.89. The third-order valence-corrected chi connectivity index (χ3v) is 2.99. The number of benzene rings is 1. The molecule has 1 heterocycles. The molecule has 1 aromatic carbocycles. The molecule has 0 saturated heterocycles. The number of ether oxygens (including phenoxy) is 1. The van der Waals surface area contributed by atoms with E-state index in [0.717, 1.165) is 11.0 Å². The standard InChI is InChI=1S/C13H19N3O2/c1-13(2,8-18-3)16-11-5-4-9(14)6-10(11)15-12(16)7-17/h4-6,17H,7-8,14H2,1-3H3. The van der Waals surface area contributed by atoms with E-state index >= 15 is 0 Å². The lowest BCUT2D eigenvalue weighted by atomic mass is 10.1. The second-order valence-electron chi connectivity index (χ2n) is 5.02. The van der Waals surface area contributed by atoms with Gasteiger partial charge in [-0.15, -0.1) is 0 Å². The minimum atomic E-state index is -0.280. The van der Waals surface area contributed by atoms with Crippen LogP contribution in [0.1, 0.15) is 19.7 Å². The molecule has 0 aliphatic rings. The van der Waals surface area contributed by atoms with Gasteiger partial charge >= 0.3 is 0 Å². The van der Waals surface area contributed by atoms with Crippen molar-refractivity contribution in [3.8, 4) is 0 Å². The van der Waals surface area contributed by atoms with Crippen molar-refractivity contribution in [1.29, 1.82) is 0 Å². The van der Waals surface area contributed by atoms with Gasteiger partial charge in [0.25, 0.3) is 0 Å². The summed E-state index contributed by atoms with van der Waals surface area (Å²) in [7, 11) is 1.66. The molecule has 0 bridgehead atoms. The SMILES string of the molecule is COCC(C)(C)n1c(CO)nc2cc(N)ccc21. The summed E-state index contributed by atoms with van der Waals surface area (Å²) in [6.45, 7) is 4.53. The predicted octanol–water partition coefficient (Wildman–Crippen LogP) is 1.49. The Hall–Kier alpha value is -1.59. The first-order chi connectivity index (χ1) is 8.49. The van der Waals surface area contributed by atoms with Crippen molar-refractivity contribution in [2.45, 2.75) is 26.0 Å². The van der Waals surface area contributed by atoms with Gasteiger partial charge in [0.1, 0.15) is 12.4 Å². The fourth-order valence-corrected chi connectivity index (χ4v) is 2.35. The summed E-state index contributed by atoms with van der Waals surface area (Å²) in [5.74, 6) is 0.623. The molecule has 5 heteroatoms. The summed E-state index contributed by atoms with van der Waals surface area (Å²) >= 11 is 0. The molecule has 2 rings (SSSR count). The van der Waals surface area contributed by atoms with Gasteiger partial charge in [0.15, 0.2) is 0 Å². The molecule has 0 saturated carbocycles. The highest BCUT2D eigenvalue weighted by atomic mass is 16.5. The second kappa shape index (κ2) is 4.59. The Labute approximate surface area is 106 Å². The molecule has 98 valence electrons. The molecular weight excluding hydrogens is 230 g/mol. The first kappa shape index (κ1) is 12.9. The lowest BCUT2D eigenvalue weighted by Gasteiger charge is -2.28. The number of nitrogen functional groups attached to an aromatic ring is 1. The van der Waals surface area contributed by atoms with Crippen LogP contribution in [0.5, 0.6) is 0 Å². The Balaban J connectivity index is 2.67. The highest BCUT2D eigenvalue weighted by molar-refractivity contribution is 5.80. The lowest BCUT2D eigenvalue weighted by Crippen LogP contribution is -2.33. The van der Waals surface area contributed by atoms with E-state index in [1.807, 2.05) is 36.6 Å². The first-order valence-electron chi connectivity index (χ1n) is 5.87. The largest absolute Gasteiger partial charge is 0.399 e. The molecule has 3 N–H and O–H groups in total. The van der Waals surface area contributed by atoms with Crippen LogP contribution in [-0.2, 0) is 16.9 Å². The van der Waals surface area contributed by atoms with Gasteiger partial charge in [-0.1, -0.05) is 0 Å². The number of nitrogens with two attached hydrogens (primary N) is 1. The number of hydrogen-bond acceptors (Lipinski definition) is 4. The number of fused-ring (bicyclic) bond motifs is 1. The van der Waals surface area contributed by atoms with Crippen molar-refractivity contribution in [3.05, 3.63) is 24.0 Å². The average Bonchev–Trinajstić information content (AvgIpc) is 2.66. The van der Waals surface area contributed by atoms with Gasteiger partial charge in [-0.2, -0.15) is 0 Å². The summed E-state index contributed by atoms with van der Waals surface area (Å²) in [4.78, 5) is 4.42.